The molecule has 0 fully saturated rings. The summed E-state index contributed by atoms with van der Waals surface area (Å²) in [5, 5.41) is 9.57. The molecule has 1 rings (SSSR count). The molecule has 0 bridgehead atoms. The molecule has 128 valence electrons. The van der Waals surface area contributed by atoms with Gasteiger partial charge >= 0.3 is 0 Å². The second-order valence-electron chi connectivity index (χ2n) is 5.46. The molecule has 0 spiro atoms. The molecule has 6 nitrogen and oxygen atoms in total. The first-order valence-corrected chi connectivity index (χ1v) is 8.18. The fraction of sp³-hybridized carbons (Fsp3) is 0.529. The smallest absolute Gasteiger partial charge is 0.273 e. The van der Waals surface area contributed by atoms with Crippen molar-refractivity contribution in [3.63, 3.8) is 0 Å². The van der Waals surface area contributed by atoms with Gasteiger partial charge in [-0.3, -0.25) is 20.4 Å². The molecule has 0 saturated carbocycles. The van der Waals surface area contributed by atoms with E-state index in [0.717, 1.165) is 38.9 Å². The molecule has 3 N–H and O–H groups in total. The number of hydrazine groups is 1. The van der Waals surface area contributed by atoms with Crippen molar-refractivity contribution in [2.45, 2.75) is 39.5 Å². The molecule has 0 heterocycles. The summed E-state index contributed by atoms with van der Waals surface area (Å²) in [6.07, 6.45) is 3.30. The maximum Gasteiger partial charge on any atom is 0.273 e. The highest BCUT2D eigenvalue weighted by Gasteiger charge is 2.11. The molecule has 0 unspecified atom stereocenters. The summed E-state index contributed by atoms with van der Waals surface area (Å²) in [6.45, 7) is 7.25. The third kappa shape index (κ3) is 7.15. The number of rotatable bonds is 9. The molecular weight excluding hydrogens is 294 g/mol. The van der Waals surface area contributed by atoms with Gasteiger partial charge in [-0.25, -0.2) is 0 Å². The van der Waals surface area contributed by atoms with Crippen molar-refractivity contribution in [1.82, 2.24) is 15.8 Å². The Morgan fingerprint density at radius 1 is 1.04 bits per heavy atom. The number of carbonyl (C=O) groups excluding carboxylic acids is 2. The van der Waals surface area contributed by atoms with Crippen molar-refractivity contribution in [3.8, 4) is 5.75 Å². The number of para-hydroxylation sites is 1. The number of nitrogens with zero attached hydrogens (tertiary/aromatic N) is 1. The SMILES string of the molecule is CCCN(CCC)CCCC(=O)NNC(=O)c1ccccc1O. The zero-order chi connectivity index (χ0) is 17.1. The largest absolute Gasteiger partial charge is 0.507 e. The second-order valence-corrected chi connectivity index (χ2v) is 5.46. The van der Waals surface area contributed by atoms with Crippen molar-refractivity contribution < 1.29 is 14.7 Å². The van der Waals surface area contributed by atoms with Gasteiger partial charge < -0.3 is 10.0 Å². The van der Waals surface area contributed by atoms with Crippen LogP contribution in [0.15, 0.2) is 24.3 Å². The van der Waals surface area contributed by atoms with E-state index >= 15 is 0 Å². The van der Waals surface area contributed by atoms with Gasteiger partial charge in [0.1, 0.15) is 5.75 Å². The number of carbonyl (C=O) groups is 2. The van der Waals surface area contributed by atoms with E-state index in [1.807, 2.05) is 0 Å². The molecule has 23 heavy (non-hydrogen) atoms. The molecule has 0 saturated heterocycles. The van der Waals surface area contributed by atoms with Crippen LogP contribution in [-0.2, 0) is 4.79 Å². The van der Waals surface area contributed by atoms with Gasteiger partial charge in [0.05, 0.1) is 5.56 Å². The Morgan fingerprint density at radius 2 is 1.70 bits per heavy atom. The number of benzene rings is 1. The molecule has 1 aromatic carbocycles. The first kappa shape index (κ1) is 19.0. The molecule has 0 radical (unpaired) electrons. The Labute approximate surface area is 137 Å². The predicted octanol–water partition coefficient (Wildman–Crippen LogP) is 2.06. The van der Waals surface area contributed by atoms with Crippen LogP contribution in [0.5, 0.6) is 5.75 Å². The zero-order valence-corrected chi connectivity index (χ0v) is 14.0. The van der Waals surface area contributed by atoms with Crippen molar-refractivity contribution in [2.24, 2.45) is 0 Å². The first-order chi connectivity index (χ1) is 11.1. The summed E-state index contributed by atoms with van der Waals surface area (Å²) in [4.78, 5) is 25.9. The number of phenolic OH excluding ortho intramolecular Hbond substituents is 1. The van der Waals surface area contributed by atoms with Gasteiger partial charge in [-0.1, -0.05) is 26.0 Å². The first-order valence-electron chi connectivity index (χ1n) is 8.18. The molecule has 2 amide bonds. The number of nitrogens with one attached hydrogen (secondary N) is 2. The lowest BCUT2D eigenvalue weighted by atomic mass is 10.2. The van der Waals surface area contributed by atoms with Gasteiger partial charge in [0, 0.05) is 6.42 Å². The number of amides is 2. The number of aromatic hydroxyl groups is 1. The van der Waals surface area contributed by atoms with Crippen molar-refractivity contribution in [3.05, 3.63) is 29.8 Å². The highest BCUT2D eigenvalue weighted by atomic mass is 16.3. The van der Waals surface area contributed by atoms with Crippen LogP contribution in [-0.4, -0.2) is 41.5 Å². The molecule has 0 aromatic heterocycles. The van der Waals surface area contributed by atoms with Gasteiger partial charge in [0.15, 0.2) is 0 Å². The minimum atomic E-state index is -0.532. The minimum absolute atomic E-state index is 0.117. The topological polar surface area (TPSA) is 81.7 Å². The van der Waals surface area contributed by atoms with Crippen LogP contribution in [0.1, 0.15) is 49.9 Å². The Kier molecular flexibility index (Phi) is 8.75. The number of phenols is 1. The Morgan fingerprint density at radius 3 is 2.30 bits per heavy atom. The van der Waals surface area contributed by atoms with Crippen LogP contribution in [0, 0.1) is 0 Å². The summed E-state index contributed by atoms with van der Waals surface area (Å²) in [5.74, 6) is -0.884. The van der Waals surface area contributed by atoms with Crippen molar-refractivity contribution >= 4 is 11.8 Å². The van der Waals surface area contributed by atoms with Gasteiger partial charge in [-0.15, -0.1) is 0 Å². The van der Waals surface area contributed by atoms with E-state index in [9.17, 15) is 14.7 Å². The zero-order valence-electron chi connectivity index (χ0n) is 14.0. The second kappa shape index (κ2) is 10.6. The number of hydrogen-bond acceptors (Lipinski definition) is 4. The summed E-state index contributed by atoms with van der Waals surface area (Å²) >= 11 is 0. The number of hydrogen-bond donors (Lipinski definition) is 3. The quantitative estimate of drug-likeness (QED) is 0.608. The van der Waals surface area contributed by atoms with Crippen LogP contribution >= 0.6 is 0 Å². The average molecular weight is 321 g/mol. The fourth-order valence-electron chi connectivity index (χ4n) is 2.35. The summed E-state index contributed by atoms with van der Waals surface area (Å²) in [6, 6.07) is 6.19. The monoisotopic (exact) mass is 321 g/mol. The molecule has 6 heteroatoms. The minimum Gasteiger partial charge on any atom is -0.507 e. The van der Waals surface area contributed by atoms with Gasteiger partial charge in [0.2, 0.25) is 5.91 Å². The van der Waals surface area contributed by atoms with E-state index in [0.29, 0.717) is 6.42 Å². The van der Waals surface area contributed by atoms with E-state index < -0.39 is 5.91 Å². The van der Waals surface area contributed by atoms with Gasteiger partial charge in [-0.05, 0) is 51.0 Å². The lowest BCUT2D eigenvalue weighted by Crippen LogP contribution is -2.41. The Hall–Kier alpha value is -2.08. The van der Waals surface area contributed by atoms with Crippen molar-refractivity contribution in [1.29, 1.82) is 0 Å². The summed E-state index contributed by atoms with van der Waals surface area (Å²) in [5.41, 5.74) is 4.82. The third-order valence-electron chi connectivity index (χ3n) is 3.42. The van der Waals surface area contributed by atoms with Crippen LogP contribution < -0.4 is 10.9 Å². The standard InChI is InChI=1S/C17H27N3O3/c1-3-11-20(12-4-2)13-7-10-16(22)18-19-17(23)14-8-5-6-9-15(14)21/h5-6,8-9,21H,3-4,7,10-13H2,1-2H3,(H,18,22)(H,19,23). The van der Waals surface area contributed by atoms with Gasteiger partial charge in [0.25, 0.3) is 5.91 Å². The van der Waals surface area contributed by atoms with Crippen molar-refractivity contribution in [2.75, 3.05) is 19.6 Å². The highest BCUT2D eigenvalue weighted by molar-refractivity contribution is 5.97. The molecule has 0 aliphatic rings. The Bertz CT molecular complexity index is 500. The third-order valence-corrected chi connectivity index (χ3v) is 3.42. The maximum absolute atomic E-state index is 11.8. The average Bonchev–Trinajstić information content (AvgIpc) is 2.53. The highest BCUT2D eigenvalue weighted by Crippen LogP contribution is 2.14. The lowest BCUT2D eigenvalue weighted by molar-refractivity contribution is -0.122. The predicted molar refractivity (Wildman–Crippen MR) is 90.0 cm³/mol. The molecule has 0 aliphatic carbocycles. The van der Waals surface area contributed by atoms with Crippen LogP contribution in [0.25, 0.3) is 0 Å². The van der Waals surface area contributed by atoms with E-state index in [1.165, 1.54) is 12.1 Å². The lowest BCUT2D eigenvalue weighted by Gasteiger charge is -2.20. The summed E-state index contributed by atoms with van der Waals surface area (Å²) < 4.78 is 0. The fourth-order valence-corrected chi connectivity index (χ4v) is 2.35. The Balaban J connectivity index is 2.29. The molecule has 1 aromatic rings. The van der Waals surface area contributed by atoms with E-state index in [-0.39, 0.29) is 17.2 Å². The molecule has 0 aliphatic heterocycles. The van der Waals surface area contributed by atoms with Gasteiger partial charge in [-0.2, -0.15) is 0 Å². The summed E-state index contributed by atoms with van der Waals surface area (Å²) in [7, 11) is 0. The maximum atomic E-state index is 11.8. The van der Waals surface area contributed by atoms with E-state index in [1.54, 1.807) is 12.1 Å². The van der Waals surface area contributed by atoms with Crippen LogP contribution in [0.2, 0.25) is 0 Å². The van der Waals surface area contributed by atoms with Crippen LogP contribution in [0.3, 0.4) is 0 Å². The normalized spacial score (nSPS) is 10.6. The van der Waals surface area contributed by atoms with E-state index in [4.69, 9.17) is 0 Å². The van der Waals surface area contributed by atoms with E-state index in [2.05, 4.69) is 29.6 Å². The van der Waals surface area contributed by atoms with Crippen LogP contribution in [0.4, 0.5) is 0 Å². The molecule has 0 atom stereocenters. The molecular formula is C17H27N3O3.